The van der Waals surface area contributed by atoms with Gasteiger partial charge in [0.15, 0.2) is 0 Å². The Morgan fingerprint density at radius 3 is 1.33 bits per heavy atom. The number of phenols is 2. The molecule has 2 atom stereocenters. The van der Waals surface area contributed by atoms with Crippen LogP contribution in [-0.2, 0) is 23.9 Å². The molecule has 6 heteroatoms. The molecule has 0 aromatic heterocycles. The number of hydrogen-bond acceptors (Lipinski definition) is 6. The van der Waals surface area contributed by atoms with Gasteiger partial charge in [0.1, 0.15) is 11.5 Å². The third-order valence-electron chi connectivity index (χ3n) is 9.81. The van der Waals surface area contributed by atoms with Gasteiger partial charge in [-0.2, -0.15) is 0 Å². The number of nitrogens with zero attached hydrogens (tertiary/aromatic N) is 4. The van der Waals surface area contributed by atoms with E-state index in [9.17, 15) is 10.2 Å². The first kappa shape index (κ1) is 35.2. The first-order valence-corrected chi connectivity index (χ1v) is 16.9. The second-order valence-corrected chi connectivity index (χ2v) is 17.2. The van der Waals surface area contributed by atoms with E-state index in [1.165, 1.54) is 24.0 Å². The molecule has 2 aromatic rings. The predicted octanol–water partition coefficient (Wildman–Crippen LogP) is 8.37. The lowest BCUT2D eigenvalue weighted by Gasteiger charge is -2.43. The van der Waals surface area contributed by atoms with Crippen molar-refractivity contribution in [1.82, 2.24) is 9.80 Å². The Labute approximate surface area is 273 Å². The van der Waals surface area contributed by atoms with E-state index in [0.29, 0.717) is 43.1 Å². The molecule has 2 unspecified atom stereocenters. The summed E-state index contributed by atoms with van der Waals surface area (Å²) < 4.78 is 0. The molecule has 1 fully saturated rings. The van der Waals surface area contributed by atoms with Gasteiger partial charge in [-0.25, -0.2) is 0 Å². The number of fused-ring (bicyclic) bond motifs is 5. The second kappa shape index (κ2) is 12.8. The Bertz CT molecular complexity index is 1320. The minimum Gasteiger partial charge on any atom is -0.507 e. The molecule has 0 radical (unpaired) electrons. The zero-order valence-electron chi connectivity index (χ0n) is 30.3. The Morgan fingerprint density at radius 1 is 0.644 bits per heavy atom. The highest BCUT2D eigenvalue weighted by Gasteiger charge is 2.33. The molecular weight excluding hydrogens is 556 g/mol. The third-order valence-corrected chi connectivity index (χ3v) is 9.81. The van der Waals surface area contributed by atoms with E-state index in [0.717, 1.165) is 35.1 Å². The van der Waals surface area contributed by atoms with Gasteiger partial charge < -0.3 is 10.2 Å². The first-order chi connectivity index (χ1) is 20.7. The van der Waals surface area contributed by atoms with Crippen LogP contribution in [0.1, 0.15) is 135 Å². The Hall–Kier alpha value is -2.70. The smallest absolute Gasteiger partial charge is 0.128 e. The maximum atomic E-state index is 11.6. The van der Waals surface area contributed by atoms with Gasteiger partial charge in [-0.3, -0.25) is 19.8 Å². The molecule has 2 aliphatic rings. The van der Waals surface area contributed by atoms with Crippen LogP contribution in [-0.4, -0.2) is 69.7 Å². The number of likely N-dealkylation sites (N-methyl/N-ethyl adjacent to an activating group) is 2. The SMILES string of the molecule is CN1Cc2cc(C(C)(C)C)cc(c2O)/C=N/C(C)(C)CC(C)(C)/N=C/c2cc(C(C)(C)C)cc(c2O)CN(C)C2CCCCC21. The predicted molar refractivity (Wildman–Crippen MR) is 191 cm³/mol. The van der Waals surface area contributed by atoms with Gasteiger partial charge in [-0.1, -0.05) is 66.5 Å². The van der Waals surface area contributed by atoms with Crippen LogP contribution in [0, 0.1) is 0 Å². The molecule has 248 valence electrons. The molecule has 1 aliphatic carbocycles. The van der Waals surface area contributed by atoms with Crippen molar-refractivity contribution in [2.75, 3.05) is 14.1 Å². The molecule has 1 aliphatic heterocycles. The lowest BCUT2D eigenvalue weighted by Crippen LogP contribution is -2.50. The van der Waals surface area contributed by atoms with E-state index < -0.39 is 11.1 Å². The molecule has 45 heavy (non-hydrogen) atoms. The molecule has 2 aromatic carbocycles. The van der Waals surface area contributed by atoms with Crippen LogP contribution in [0.5, 0.6) is 11.5 Å². The van der Waals surface area contributed by atoms with Gasteiger partial charge in [-0.15, -0.1) is 0 Å². The van der Waals surface area contributed by atoms with Crippen LogP contribution in [0.25, 0.3) is 0 Å². The highest BCUT2D eigenvalue weighted by molar-refractivity contribution is 5.86. The van der Waals surface area contributed by atoms with Gasteiger partial charge >= 0.3 is 0 Å². The van der Waals surface area contributed by atoms with Gasteiger partial charge in [0.05, 0.1) is 11.1 Å². The fraction of sp³-hybridized carbons (Fsp3) is 0.641. The molecule has 0 saturated heterocycles. The van der Waals surface area contributed by atoms with Crippen molar-refractivity contribution in [3.8, 4) is 11.5 Å². The van der Waals surface area contributed by atoms with Crippen LogP contribution >= 0.6 is 0 Å². The zero-order valence-corrected chi connectivity index (χ0v) is 30.3. The van der Waals surface area contributed by atoms with Crippen LogP contribution in [0.3, 0.4) is 0 Å². The lowest BCUT2D eigenvalue weighted by molar-refractivity contribution is 0.0684. The van der Waals surface area contributed by atoms with Crippen LogP contribution in [0.4, 0.5) is 0 Å². The van der Waals surface area contributed by atoms with E-state index in [-0.39, 0.29) is 10.8 Å². The van der Waals surface area contributed by atoms with E-state index in [1.807, 2.05) is 12.4 Å². The molecular formula is C39H60N4O2. The van der Waals surface area contributed by atoms with Crippen molar-refractivity contribution in [2.24, 2.45) is 9.98 Å². The zero-order chi connectivity index (χ0) is 33.5. The summed E-state index contributed by atoms with van der Waals surface area (Å²) in [7, 11) is 4.40. The van der Waals surface area contributed by atoms with Gasteiger partial charge in [0, 0.05) is 59.9 Å². The molecule has 1 heterocycles. The maximum absolute atomic E-state index is 11.6. The summed E-state index contributed by atoms with van der Waals surface area (Å²) in [6.45, 7) is 23.1. The van der Waals surface area contributed by atoms with Crippen molar-refractivity contribution in [1.29, 1.82) is 0 Å². The average Bonchev–Trinajstić information content (AvgIpc) is 2.91. The number of hydrogen-bond donors (Lipinski definition) is 2. The highest BCUT2D eigenvalue weighted by atomic mass is 16.3. The van der Waals surface area contributed by atoms with Crippen LogP contribution < -0.4 is 0 Å². The topological polar surface area (TPSA) is 71.7 Å². The summed E-state index contributed by atoms with van der Waals surface area (Å²) in [5.74, 6) is 0.641. The summed E-state index contributed by atoms with van der Waals surface area (Å²) in [4.78, 5) is 15.0. The van der Waals surface area contributed by atoms with Gasteiger partial charge in [0.2, 0.25) is 0 Å². The molecule has 4 bridgehead atoms. The minimum atomic E-state index is -0.427. The van der Waals surface area contributed by atoms with Crippen molar-refractivity contribution >= 4 is 12.4 Å². The van der Waals surface area contributed by atoms with E-state index in [2.05, 4.69) is 117 Å². The number of aromatic hydroxyl groups is 2. The molecule has 6 nitrogen and oxygen atoms in total. The lowest BCUT2D eigenvalue weighted by atomic mass is 9.84. The summed E-state index contributed by atoms with van der Waals surface area (Å²) in [5.41, 5.74) is 4.82. The number of rotatable bonds is 0. The Balaban J connectivity index is 1.88. The standard InChI is InChI=1S/C39H60N4O2/c1-36(2,3)30-17-26-21-40-38(7,8)25-39(9,10)41-22-27-18-31(37(4,5)6)20-29(35(27)45)24-43(12)33-16-14-13-15-32(33)42(11)23-28(19-30)34(26)44/h17-22,32-33,44-45H,13-16,23-25H2,1-12H3/b40-21+,41-22+. The number of phenolic OH excluding ortho intramolecular Hbond substituents is 2. The summed E-state index contributed by atoms with van der Waals surface area (Å²) in [6.07, 6.45) is 9.03. The highest BCUT2D eigenvalue weighted by Crippen LogP contribution is 2.37. The monoisotopic (exact) mass is 616 g/mol. The molecule has 0 amide bonds. The third kappa shape index (κ3) is 8.56. The van der Waals surface area contributed by atoms with Gasteiger partial charge in [0.25, 0.3) is 0 Å². The molecule has 1 saturated carbocycles. The summed E-state index contributed by atoms with van der Waals surface area (Å²) in [6, 6.07) is 9.23. The van der Waals surface area contributed by atoms with E-state index >= 15 is 0 Å². The number of aliphatic imine (C=N–C) groups is 2. The average molecular weight is 617 g/mol. The molecule has 4 rings (SSSR count). The maximum Gasteiger partial charge on any atom is 0.128 e. The van der Waals surface area contributed by atoms with E-state index in [4.69, 9.17) is 9.98 Å². The Morgan fingerprint density at radius 2 is 1.00 bits per heavy atom. The normalized spacial score (nSPS) is 25.0. The van der Waals surface area contributed by atoms with Crippen molar-refractivity contribution in [3.05, 3.63) is 57.6 Å². The second-order valence-electron chi connectivity index (χ2n) is 17.2. The fourth-order valence-electron chi connectivity index (χ4n) is 7.27. The van der Waals surface area contributed by atoms with Crippen molar-refractivity contribution in [3.63, 3.8) is 0 Å². The Kier molecular flexibility index (Phi) is 10.0. The summed E-state index contributed by atoms with van der Waals surface area (Å²) in [5, 5.41) is 23.3. The van der Waals surface area contributed by atoms with Gasteiger partial charge in [-0.05, 0) is 95.1 Å². The van der Waals surface area contributed by atoms with E-state index in [1.54, 1.807) is 0 Å². The fourth-order valence-corrected chi connectivity index (χ4v) is 7.27. The minimum absolute atomic E-state index is 0.0691. The van der Waals surface area contributed by atoms with Crippen molar-refractivity contribution in [2.45, 2.75) is 148 Å². The van der Waals surface area contributed by atoms with Crippen molar-refractivity contribution < 1.29 is 10.2 Å². The molecule has 0 spiro atoms. The number of benzene rings is 2. The van der Waals surface area contributed by atoms with Crippen LogP contribution in [0.2, 0.25) is 0 Å². The largest absolute Gasteiger partial charge is 0.507 e. The summed E-state index contributed by atoms with van der Waals surface area (Å²) >= 11 is 0. The molecule has 2 N–H and O–H groups in total. The quantitative estimate of drug-likeness (QED) is 0.312. The first-order valence-electron chi connectivity index (χ1n) is 16.9. The van der Waals surface area contributed by atoms with Crippen LogP contribution in [0.15, 0.2) is 34.3 Å².